The van der Waals surface area contributed by atoms with E-state index in [1.807, 2.05) is 6.92 Å². The van der Waals surface area contributed by atoms with Crippen LogP contribution in [0.25, 0.3) is 0 Å². The molecular formula is C10H14Cl2N2OS. The summed E-state index contributed by atoms with van der Waals surface area (Å²) in [6.07, 6.45) is 0.709. The van der Waals surface area contributed by atoms with E-state index >= 15 is 0 Å². The van der Waals surface area contributed by atoms with Gasteiger partial charge in [-0.15, -0.1) is 11.8 Å². The van der Waals surface area contributed by atoms with E-state index in [4.69, 9.17) is 28.3 Å². The molecule has 6 heteroatoms. The third-order valence-electron chi connectivity index (χ3n) is 1.98. The molecule has 1 aromatic heterocycles. The molecule has 1 atom stereocenters. The van der Waals surface area contributed by atoms with E-state index in [9.17, 15) is 0 Å². The lowest BCUT2D eigenvalue weighted by Crippen LogP contribution is -2.01. The Labute approximate surface area is 110 Å². The molecule has 0 saturated heterocycles. The molecule has 3 nitrogen and oxygen atoms in total. The SMILES string of the molecule is CNc1nc(SC(C)CCO)c(Cl)cc1Cl. The predicted molar refractivity (Wildman–Crippen MR) is 70.8 cm³/mol. The van der Waals surface area contributed by atoms with Crippen LogP contribution in [0.3, 0.4) is 0 Å². The molecule has 0 radical (unpaired) electrons. The lowest BCUT2D eigenvalue weighted by atomic mass is 10.3. The van der Waals surface area contributed by atoms with Gasteiger partial charge in [-0.3, -0.25) is 0 Å². The number of thioether (sulfide) groups is 1. The number of anilines is 1. The van der Waals surface area contributed by atoms with Gasteiger partial charge in [0.05, 0.1) is 10.0 Å². The molecule has 0 spiro atoms. The number of hydrogen-bond acceptors (Lipinski definition) is 4. The summed E-state index contributed by atoms with van der Waals surface area (Å²) in [5, 5.41) is 13.8. The molecule has 1 heterocycles. The van der Waals surface area contributed by atoms with Crippen molar-refractivity contribution in [3.63, 3.8) is 0 Å². The second kappa shape index (κ2) is 6.55. The van der Waals surface area contributed by atoms with E-state index in [0.717, 1.165) is 5.03 Å². The highest BCUT2D eigenvalue weighted by Gasteiger charge is 2.12. The van der Waals surface area contributed by atoms with Crippen LogP contribution in [0.4, 0.5) is 5.82 Å². The first kappa shape index (κ1) is 13.9. The Morgan fingerprint density at radius 3 is 2.75 bits per heavy atom. The van der Waals surface area contributed by atoms with Crippen LogP contribution in [0.2, 0.25) is 10.0 Å². The zero-order valence-electron chi connectivity index (χ0n) is 9.13. The zero-order chi connectivity index (χ0) is 12.1. The highest BCUT2D eigenvalue weighted by atomic mass is 35.5. The Kier molecular flexibility index (Phi) is 5.69. The predicted octanol–water partition coefficient (Wildman–Crippen LogP) is 3.29. The van der Waals surface area contributed by atoms with Crippen LogP contribution >= 0.6 is 35.0 Å². The van der Waals surface area contributed by atoms with Crippen LogP contribution in [-0.2, 0) is 0 Å². The van der Waals surface area contributed by atoms with E-state index in [1.165, 1.54) is 11.8 Å². The Balaban J connectivity index is 2.87. The standard InChI is InChI=1S/C10H14Cl2N2OS/c1-6(3-4-15)16-10-8(12)5-7(11)9(13-2)14-10/h5-6,15H,3-4H2,1-2H3,(H,13,14). The average molecular weight is 281 g/mol. The quantitative estimate of drug-likeness (QED) is 0.813. The summed E-state index contributed by atoms with van der Waals surface area (Å²) in [6.45, 7) is 2.19. The van der Waals surface area contributed by atoms with Crippen molar-refractivity contribution < 1.29 is 5.11 Å². The molecule has 1 aromatic rings. The monoisotopic (exact) mass is 280 g/mol. The van der Waals surface area contributed by atoms with Gasteiger partial charge in [0, 0.05) is 18.9 Å². The number of nitrogens with one attached hydrogen (secondary N) is 1. The molecule has 16 heavy (non-hydrogen) atoms. The van der Waals surface area contributed by atoms with Crippen molar-refractivity contribution >= 4 is 40.8 Å². The molecule has 0 fully saturated rings. The first-order chi connectivity index (χ1) is 7.58. The van der Waals surface area contributed by atoms with Gasteiger partial charge in [0.1, 0.15) is 10.8 Å². The first-order valence-corrected chi connectivity index (χ1v) is 6.53. The summed E-state index contributed by atoms with van der Waals surface area (Å²) in [7, 11) is 1.76. The van der Waals surface area contributed by atoms with Crippen molar-refractivity contribution in [2.45, 2.75) is 23.6 Å². The third-order valence-corrected chi connectivity index (χ3v) is 3.84. The minimum absolute atomic E-state index is 0.165. The molecule has 0 aliphatic carbocycles. The first-order valence-electron chi connectivity index (χ1n) is 4.89. The van der Waals surface area contributed by atoms with E-state index < -0.39 is 0 Å². The van der Waals surface area contributed by atoms with Crippen molar-refractivity contribution in [3.05, 3.63) is 16.1 Å². The molecule has 0 aliphatic rings. The van der Waals surface area contributed by atoms with E-state index in [1.54, 1.807) is 13.1 Å². The van der Waals surface area contributed by atoms with Gasteiger partial charge in [-0.1, -0.05) is 30.1 Å². The summed E-state index contributed by atoms with van der Waals surface area (Å²) >= 11 is 13.5. The van der Waals surface area contributed by atoms with Crippen LogP contribution in [0.5, 0.6) is 0 Å². The van der Waals surface area contributed by atoms with Gasteiger partial charge >= 0.3 is 0 Å². The van der Waals surface area contributed by atoms with E-state index in [2.05, 4.69) is 10.3 Å². The second-order valence-corrected chi connectivity index (χ2v) is 5.54. The summed E-state index contributed by atoms with van der Waals surface area (Å²) < 4.78 is 0. The number of hydrogen-bond donors (Lipinski definition) is 2. The van der Waals surface area contributed by atoms with E-state index in [0.29, 0.717) is 22.3 Å². The zero-order valence-corrected chi connectivity index (χ0v) is 11.5. The Bertz CT molecular complexity index is 363. The lowest BCUT2D eigenvalue weighted by molar-refractivity contribution is 0.289. The fraction of sp³-hybridized carbons (Fsp3) is 0.500. The maximum absolute atomic E-state index is 8.83. The third kappa shape index (κ3) is 3.70. The fourth-order valence-electron chi connectivity index (χ4n) is 1.14. The molecule has 0 aliphatic heterocycles. The molecule has 1 unspecified atom stereocenters. The molecule has 2 N–H and O–H groups in total. The van der Waals surface area contributed by atoms with Gasteiger partial charge in [0.25, 0.3) is 0 Å². The van der Waals surface area contributed by atoms with Crippen molar-refractivity contribution in [3.8, 4) is 0 Å². The summed E-state index contributed by atoms with van der Waals surface area (Å²) in [5.41, 5.74) is 0. The van der Waals surface area contributed by atoms with Crippen LogP contribution in [0.1, 0.15) is 13.3 Å². The van der Waals surface area contributed by atoms with Gasteiger partial charge in [0.15, 0.2) is 0 Å². The van der Waals surface area contributed by atoms with Crippen molar-refractivity contribution in [1.29, 1.82) is 0 Å². The fourth-order valence-corrected chi connectivity index (χ4v) is 2.65. The number of aliphatic hydroxyl groups is 1. The number of aromatic nitrogens is 1. The molecule has 0 aromatic carbocycles. The normalized spacial score (nSPS) is 12.6. The van der Waals surface area contributed by atoms with Gasteiger partial charge in [-0.2, -0.15) is 0 Å². The van der Waals surface area contributed by atoms with Crippen LogP contribution in [0, 0.1) is 0 Å². The van der Waals surface area contributed by atoms with Crippen molar-refractivity contribution in [2.24, 2.45) is 0 Å². The summed E-state index contributed by atoms with van der Waals surface area (Å²) in [4.78, 5) is 4.32. The summed E-state index contributed by atoms with van der Waals surface area (Å²) in [5.74, 6) is 0.616. The van der Waals surface area contributed by atoms with Crippen LogP contribution < -0.4 is 5.32 Å². The minimum Gasteiger partial charge on any atom is -0.396 e. The number of pyridine rings is 1. The Morgan fingerprint density at radius 1 is 1.50 bits per heavy atom. The van der Waals surface area contributed by atoms with Gasteiger partial charge in [-0.05, 0) is 12.5 Å². The largest absolute Gasteiger partial charge is 0.396 e. The smallest absolute Gasteiger partial charge is 0.145 e. The van der Waals surface area contributed by atoms with Crippen LogP contribution in [-0.4, -0.2) is 29.0 Å². The minimum atomic E-state index is 0.165. The number of aliphatic hydroxyl groups excluding tert-OH is 1. The molecule has 0 amide bonds. The molecule has 1 rings (SSSR count). The molecule has 0 saturated carbocycles. The Morgan fingerprint density at radius 2 is 2.19 bits per heavy atom. The topological polar surface area (TPSA) is 45.2 Å². The highest BCUT2D eigenvalue weighted by molar-refractivity contribution is 7.99. The number of rotatable bonds is 5. The maximum atomic E-state index is 8.83. The maximum Gasteiger partial charge on any atom is 0.145 e. The van der Waals surface area contributed by atoms with Crippen LogP contribution in [0.15, 0.2) is 11.1 Å². The lowest BCUT2D eigenvalue weighted by Gasteiger charge is -2.12. The van der Waals surface area contributed by atoms with Crippen molar-refractivity contribution in [1.82, 2.24) is 4.98 Å². The van der Waals surface area contributed by atoms with Gasteiger partial charge in [-0.25, -0.2) is 4.98 Å². The van der Waals surface area contributed by atoms with Crippen molar-refractivity contribution in [2.75, 3.05) is 19.0 Å². The number of nitrogens with zero attached hydrogens (tertiary/aromatic N) is 1. The summed E-state index contributed by atoms with van der Waals surface area (Å²) in [6, 6.07) is 1.68. The molecule has 90 valence electrons. The molecule has 0 bridgehead atoms. The highest BCUT2D eigenvalue weighted by Crippen LogP contribution is 2.34. The van der Waals surface area contributed by atoms with Gasteiger partial charge in [0.2, 0.25) is 0 Å². The van der Waals surface area contributed by atoms with E-state index in [-0.39, 0.29) is 11.9 Å². The second-order valence-electron chi connectivity index (χ2n) is 3.30. The Hall–Kier alpha value is -0.160. The average Bonchev–Trinajstić information content (AvgIpc) is 2.22. The number of halogens is 2. The molecular weight excluding hydrogens is 267 g/mol. The van der Waals surface area contributed by atoms with Gasteiger partial charge < -0.3 is 10.4 Å².